The van der Waals surface area contributed by atoms with Gasteiger partial charge in [-0.1, -0.05) is 33.2 Å². The van der Waals surface area contributed by atoms with Crippen LogP contribution in [-0.4, -0.2) is 29.0 Å². The molecule has 0 spiro atoms. The molecule has 5 heteroatoms. The fourth-order valence-corrected chi connectivity index (χ4v) is 2.52. The van der Waals surface area contributed by atoms with Gasteiger partial charge in [0.2, 0.25) is 0 Å². The minimum atomic E-state index is -0.197. The molecule has 0 saturated heterocycles. The van der Waals surface area contributed by atoms with Crippen LogP contribution in [0.5, 0.6) is 0 Å². The Labute approximate surface area is 116 Å². The Morgan fingerprint density at radius 3 is 2.24 bits per heavy atom. The molecule has 1 aromatic carbocycles. The molecule has 2 amide bonds. The Bertz CT molecular complexity index is 452. The fraction of sp³-hybridized carbons (Fsp3) is 0.167. The van der Waals surface area contributed by atoms with E-state index in [1.807, 2.05) is 12.2 Å². The minimum absolute atomic E-state index is 0.197. The number of imide groups is 1. The lowest BCUT2D eigenvalue weighted by molar-refractivity contribution is 0.0672. The zero-order valence-corrected chi connectivity index (χ0v) is 11.9. The van der Waals surface area contributed by atoms with E-state index >= 15 is 0 Å². The maximum absolute atomic E-state index is 11.9. The zero-order chi connectivity index (χ0) is 12.3. The summed E-state index contributed by atoms with van der Waals surface area (Å²) in [5.41, 5.74) is 1.02. The van der Waals surface area contributed by atoms with Crippen molar-refractivity contribution in [3.8, 4) is 0 Å². The van der Waals surface area contributed by atoms with Gasteiger partial charge in [0.15, 0.2) is 0 Å². The summed E-state index contributed by atoms with van der Waals surface area (Å²) in [5.74, 6) is 0.485. The summed E-state index contributed by atoms with van der Waals surface area (Å²) < 4.78 is 0. The third kappa shape index (κ3) is 2.55. The van der Waals surface area contributed by atoms with Crippen LogP contribution < -0.4 is 0 Å². The Hall–Kier alpha value is -0.820. The molecule has 0 aromatic heterocycles. The maximum Gasteiger partial charge on any atom is 0.261 e. The quantitative estimate of drug-likeness (QED) is 0.471. The highest BCUT2D eigenvalue weighted by Crippen LogP contribution is 2.22. The molecular weight excluding hydrogens is 349 g/mol. The molecule has 0 aliphatic carbocycles. The second-order valence-electron chi connectivity index (χ2n) is 3.51. The molecule has 0 radical (unpaired) electrons. The summed E-state index contributed by atoms with van der Waals surface area (Å²) in [7, 11) is 1.67. The van der Waals surface area contributed by atoms with Crippen LogP contribution in [0, 0.1) is 0 Å². The first-order valence-corrected chi connectivity index (χ1v) is 8.62. The number of hydrogen-bond donors (Lipinski definition) is 0. The van der Waals surface area contributed by atoms with E-state index in [1.54, 1.807) is 33.2 Å². The van der Waals surface area contributed by atoms with Gasteiger partial charge in [0.1, 0.15) is 0 Å². The lowest BCUT2D eigenvalue weighted by atomic mass is 10.1. The van der Waals surface area contributed by atoms with Crippen LogP contribution in [-0.2, 0) is 0 Å². The Kier molecular flexibility index (Phi) is 4.22. The van der Waals surface area contributed by atoms with Crippen molar-refractivity contribution in [1.29, 1.82) is 0 Å². The molecule has 3 nitrogen and oxygen atoms in total. The lowest BCUT2D eigenvalue weighted by Crippen LogP contribution is -2.29. The molecule has 1 aromatic rings. The largest absolute Gasteiger partial charge is 0.270 e. The van der Waals surface area contributed by atoms with Crippen molar-refractivity contribution in [2.75, 3.05) is 12.3 Å². The molecule has 2 rings (SSSR count). The van der Waals surface area contributed by atoms with Crippen molar-refractivity contribution in [1.82, 2.24) is 4.90 Å². The smallest absolute Gasteiger partial charge is 0.261 e. The van der Waals surface area contributed by atoms with Crippen molar-refractivity contribution < 1.29 is 9.59 Å². The summed E-state index contributed by atoms with van der Waals surface area (Å²) in [5, 5.41) is 0. The molecule has 17 heavy (non-hydrogen) atoms. The molecule has 1 heterocycles. The molecule has 0 atom stereocenters. The van der Waals surface area contributed by atoms with Gasteiger partial charge in [-0.05, 0) is 33.3 Å². The molecule has 0 fully saturated rings. The van der Waals surface area contributed by atoms with Gasteiger partial charge in [0.25, 0.3) is 11.8 Å². The standard InChI is InChI=1S/C12H10INO2S/c13-17-8-4-3-7-14-11(15)9-5-1-2-6-10(9)12(14)16/h1-6H,7-8H2/b4-3-. The Morgan fingerprint density at radius 2 is 1.71 bits per heavy atom. The first-order valence-electron chi connectivity index (χ1n) is 5.09. The molecule has 0 N–H and O–H groups in total. The molecule has 1 aliphatic rings. The SMILES string of the molecule is O=C1c2ccccc2C(=O)N1C/C=C\CSI. The normalized spacial score (nSPS) is 14.8. The van der Waals surface area contributed by atoms with E-state index in [0.29, 0.717) is 17.7 Å². The average molecular weight is 359 g/mol. The van der Waals surface area contributed by atoms with Crippen LogP contribution in [0.3, 0.4) is 0 Å². The first-order chi connectivity index (χ1) is 8.25. The molecular formula is C12H10INO2S. The lowest BCUT2D eigenvalue weighted by Gasteiger charge is -2.10. The van der Waals surface area contributed by atoms with Crippen LogP contribution in [0.25, 0.3) is 0 Å². The van der Waals surface area contributed by atoms with E-state index in [1.165, 1.54) is 4.90 Å². The van der Waals surface area contributed by atoms with Gasteiger partial charge < -0.3 is 0 Å². The Morgan fingerprint density at radius 1 is 1.12 bits per heavy atom. The van der Waals surface area contributed by atoms with Gasteiger partial charge >= 0.3 is 0 Å². The van der Waals surface area contributed by atoms with Gasteiger partial charge in [-0.25, -0.2) is 0 Å². The third-order valence-electron chi connectivity index (χ3n) is 2.49. The highest BCUT2D eigenvalue weighted by molar-refractivity contribution is 14.2. The molecule has 1 aliphatic heterocycles. The number of amides is 2. The van der Waals surface area contributed by atoms with Crippen LogP contribution in [0.4, 0.5) is 0 Å². The molecule has 0 bridgehead atoms. The van der Waals surface area contributed by atoms with E-state index in [4.69, 9.17) is 0 Å². The zero-order valence-electron chi connectivity index (χ0n) is 8.93. The van der Waals surface area contributed by atoms with Crippen molar-refractivity contribution >= 4 is 42.0 Å². The number of hydrogen-bond acceptors (Lipinski definition) is 3. The number of halogens is 1. The maximum atomic E-state index is 11.9. The van der Waals surface area contributed by atoms with Crippen molar-refractivity contribution in [2.24, 2.45) is 0 Å². The van der Waals surface area contributed by atoms with Crippen LogP contribution in [0.15, 0.2) is 36.4 Å². The summed E-state index contributed by atoms with van der Waals surface area (Å²) in [6.45, 7) is 0.351. The Balaban J connectivity index is 2.13. The third-order valence-corrected chi connectivity index (χ3v) is 3.89. The van der Waals surface area contributed by atoms with Crippen molar-refractivity contribution in [3.63, 3.8) is 0 Å². The van der Waals surface area contributed by atoms with Crippen LogP contribution in [0.1, 0.15) is 20.7 Å². The van der Waals surface area contributed by atoms with E-state index < -0.39 is 0 Å². The van der Waals surface area contributed by atoms with Gasteiger partial charge in [-0.15, -0.1) is 0 Å². The second kappa shape index (κ2) is 5.68. The van der Waals surface area contributed by atoms with Crippen LogP contribution in [0.2, 0.25) is 0 Å². The topological polar surface area (TPSA) is 37.4 Å². The number of benzene rings is 1. The summed E-state index contributed by atoms with van der Waals surface area (Å²) >= 11 is 2.20. The predicted octanol–water partition coefficient (Wildman–Crippen LogP) is 2.92. The van der Waals surface area contributed by atoms with E-state index in [0.717, 1.165) is 5.75 Å². The summed E-state index contributed by atoms with van der Waals surface area (Å²) in [6.07, 6.45) is 3.81. The van der Waals surface area contributed by atoms with E-state index in [9.17, 15) is 9.59 Å². The number of carbonyl (C=O) groups excluding carboxylic acids is 2. The van der Waals surface area contributed by atoms with Gasteiger partial charge in [-0.2, -0.15) is 0 Å². The second-order valence-corrected chi connectivity index (χ2v) is 5.93. The number of nitrogens with zero attached hydrogens (tertiary/aromatic N) is 1. The summed E-state index contributed by atoms with van der Waals surface area (Å²) in [6, 6.07) is 6.94. The van der Waals surface area contributed by atoms with Crippen molar-refractivity contribution in [3.05, 3.63) is 47.5 Å². The highest BCUT2D eigenvalue weighted by atomic mass is 127. The van der Waals surface area contributed by atoms with Gasteiger partial charge in [-0.3, -0.25) is 14.5 Å². The molecule has 88 valence electrons. The minimum Gasteiger partial charge on any atom is -0.270 e. The average Bonchev–Trinajstić information content (AvgIpc) is 2.60. The molecule has 0 unspecified atom stereocenters. The monoisotopic (exact) mass is 359 g/mol. The van der Waals surface area contributed by atoms with Gasteiger partial charge in [0, 0.05) is 12.3 Å². The fourth-order valence-electron chi connectivity index (χ4n) is 1.69. The van der Waals surface area contributed by atoms with E-state index in [-0.39, 0.29) is 11.8 Å². The molecule has 0 saturated carbocycles. The number of carbonyl (C=O) groups is 2. The summed E-state index contributed by atoms with van der Waals surface area (Å²) in [4.78, 5) is 25.1. The predicted molar refractivity (Wildman–Crippen MR) is 77.4 cm³/mol. The van der Waals surface area contributed by atoms with E-state index in [2.05, 4.69) is 21.2 Å². The van der Waals surface area contributed by atoms with Crippen LogP contribution >= 0.6 is 30.1 Å². The first kappa shape index (κ1) is 12.6. The van der Waals surface area contributed by atoms with Gasteiger partial charge in [0.05, 0.1) is 11.1 Å². The highest BCUT2D eigenvalue weighted by Gasteiger charge is 2.33. The number of rotatable bonds is 4. The van der Waals surface area contributed by atoms with Crippen molar-refractivity contribution in [2.45, 2.75) is 0 Å². The number of fused-ring (bicyclic) bond motifs is 1.